The number of nitrogen functional groups attached to an aromatic ring is 1. The predicted molar refractivity (Wildman–Crippen MR) is 75.4 cm³/mol. The average Bonchev–Trinajstić information content (AvgIpc) is 2.41. The molecule has 3 heteroatoms. The predicted octanol–water partition coefficient (Wildman–Crippen LogP) is 2.96. The number of hydrogen-bond acceptors (Lipinski definition) is 3. The van der Waals surface area contributed by atoms with Crippen LogP contribution in [0.3, 0.4) is 0 Å². The van der Waals surface area contributed by atoms with Gasteiger partial charge in [0.05, 0.1) is 12.5 Å². The lowest BCUT2D eigenvalue weighted by molar-refractivity contribution is 0.404. The molecule has 1 atom stereocenters. The van der Waals surface area contributed by atoms with Crippen molar-refractivity contribution in [2.24, 2.45) is 5.92 Å². The van der Waals surface area contributed by atoms with Gasteiger partial charge in [-0.25, -0.2) is 0 Å². The van der Waals surface area contributed by atoms with Crippen molar-refractivity contribution in [3.8, 4) is 6.07 Å². The summed E-state index contributed by atoms with van der Waals surface area (Å²) in [5.41, 5.74) is 8.78. The average molecular weight is 243 g/mol. The maximum atomic E-state index is 8.81. The molecule has 0 saturated carbocycles. The molecule has 0 bridgehead atoms. The summed E-state index contributed by atoms with van der Waals surface area (Å²) in [6, 6.07) is 8.26. The molecular weight excluding hydrogens is 222 g/mol. The monoisotopic (exact) mass is 243 g/mol. The van der Waals surface area contributed by atoms with Crippen LogP contribution in [0.25, 0.3) is 0 Å². The molecular formula is C15H21N3. The minimum absolute atomic E-state index is 0.394. The van der Waals surface area contributed by atoms with Crippen LogP contribution in [0.5, 0.6) is 0 Å². The second-order valence-corrected chi connectivity index (χ2v) is 5.08. The smallest absolute Gasteiger partial charge is 0.0670 e. The molecule has 1 aliphatic heterocycles. The van der Waals surface area contributed by atoms with Crippen molar-refractivity contribution in [1.82, 2.24) is 0 Å². The van der Waals surface area contributed by atoms with Crippen molar-refractivity contribution in [2.45, 2.75) is 32.6 Å². The minimum atomic E-state index is 0.394. The highest BCUT2D eigenvalue weighted by Crippen LogP contribution is 2.27. The number of piperidine rings is 1. The first-order valence-corrected chi connectivity index (χ1v) is 6.75. The van der Waals surface area contributed by atoms with Gasteiger partial charge >= 0.3 is 0 Å². The van der Waals surface area contributed by atoms with Gasteiger partial charge in [0.15, 0.2) is 0 Å². The number of nitriles is 1. The Labute approximate surface area is 109 Å². The molecule has 0 amide bonds. The summed E-state index contributed by atoms with van der Waals surface area (Å²) in [6.07, 6.45) is 4.24. The van der Waals surface area contributed by atoms with E-state index in [4.69, 9.17) is 11.0 Å². The van der Waals surface area contributed by atoms with Crippen molar-refractivity contribution in [3.63, 3.8) is 0 Å². The summed E-state index contributed by atoms with van der Waals surface area (Å²) in [4.78, 5) is 2.43. The third kappa shape index (κ3) is 2.76. The van der Waals surface area contributed by atoms with Crippen molar-refractivity contribution < 1.29 is 0 Å². The van der Waals surface area contributed by atoms with Crippen molar-refractivity contribution in [3.05, 3.63) is 23.8 Å². The van der Waals surface area contributed by atoms with Crippen LogP contribution < -0.4 is 10.6 Å². The SMILES string of the molecule is CCC1CCCN(c2ccc(N)c(CC#N)c2)C1. The lowest BCUT2D eigenvalue weighted by Gasteiger charge is -2.34. The molecule has 1 aliphatic rings. The minimum Gasteiger partial charge on any atom is -0.398 e. The Morgan fingerprint density at radius 3 is 3.06 bits per heavy atom. The van der Waals surface area contributed by atoms with Crippen LogP contribution in [0.4, 0.5) is 11.4 Å². The third-order valence-corrected chi connectivity index (χ3v) is 3.86. The Kier molecular flexibility index (Phi) is 4.09. The summed E-state index contributed by atoms with van der Waals surface area (Å²) >= 11 is 0. The van der Waals surface area contributed by atoms with E-state index >= 15 is 0 Å². The second kappa shape index (κ2) is 5.77. The zero-order chi connectivity index (χ0) is 13.0. The van der Waals surface area contributed by atoms with E-state index in [9.17, 15) is 0 Å². The van der Waals surface area contributed by atoms with E-state index in [-0.39, 0.29) is 0 Å². The zero-order valence-corrected chi connectivity index (χ0v) is 11.0. The van der Waals surface area contributed by atoms with Gasteiger partial charge in [-0.2, -0.15) is 5.26 Å². The number of hydrogen-bond donors (Lipinski definition) is 1. The molecule has 1 fully saturated rings. The Balaban J connectivity index is 2.17. The number of rotatable bonds is 3. The first kappa shape index (κ1) is 12.8. The summed E-state index contributed by atoms with van der Waals surface area (Å²) in [5.74, 6) is 0.802. The van der Waals surface area contributed by atoms with Crippen LogP contribution in [0.2, 0.25) is 0 Å². The summed E-state index contributed by atoms with van der Waals surface area (Å²) < 4.78 is 0. The van der Waals surface area contributed by atoms with Crippen LogP contribution in [0.15, 0.2) is 18.2 Å². The third-order valence-electron chi connectivity index (χ3n) is 3.86. The Bertz CT molecular complexity index is 448. The van der Waals surface area contributed by atoms with E-state index in [1.54, 1.807) is 0 Å². The number of nitrogens with zero attached hydrogens (tertiary/aromatic N) is 2. The number of anilines is 2. The van der Waals surface area contributed by atoms with Gasteiger partial charge < -0.3 is 10.6 Å². The molecule has 0 spiro atoms. The highest BCUT2D eigenvalue weighted by molar-refractivity contribution is 5.59. The summed E-state index contributed by atoms with van der Waals surface area (Å²) in [6.45, 7) is 4.51. The van der Waals surface area contributed by atoms with Gasteiger partial charge in [0.1, 0.15) is 0 Å². The van der Waals surface area contributed by atoms with Gasteiger partial charge in [-0.1, -0.05) is 13.3 Å². The molecule has 18 heavy (non-hydrogen) atoms. The quantitative estimate of drug-likeness (QED) is 0.830. The molecule has 2 N–H and O–H groups in total. The lowest BCUT2D eigenvalue weighted by Crippen LogP contribution is -2.35. The largest absolute Gasteiger partial charge is 0.398 e. The van der Waals surface area contributed by atoms with Crippen LogP contribution in [-0.4, -0.2) is 13.1 Å². The number of nitrogens with two attached hydrogens (primary N) is 1. The molecule has 2 rings (SSSR count). The highest BCUT2D eigenvalue weighted by atomic mass is 15.1. The van der Waals surface area contributed by atoms with Crippen molar-refractivity contribution >= 4 is 11.4 Å². The maximum absolute atomic E-state index is 8.81. The lowest BCUT2D eigenvalue weighted by atomic mass is 9.95. The zero-order valence-electron chi connectivity index (χ0n) is 11.0. The van der Waals surface area contributed by atoms with E-state index < -0.39 is 0 Å². The first-order chi connectivity index (χ1) is 8.74. The maximum Gasteiger partial charge on any atom is 0.0670 e. The number of benzene rings is 1. The van der Waals surface area contributed by atoms with E-state index in [0.29, 0.717) is 6.42 Å². The molecule has 0 aromatic heterocycles. The van der Waals surface area contributed by atoms with Crippen molar-refractivity contribution in [2.75, 3.05) is 23.7 Å². The van der Waals surface area contributed by atoms with Gasteiger partial charge in [0.25, 0.3) is 0 Å². The van der Waals surface area contributed by atoms with E-state index in [2.05, 4.69) is 30.0 Å². The van der Waals surface area contributed by atoms with Crippen LogP contribution in [0.1, 0.15) is 31.7 Å². The molecule has 3 nitrogen and oxygen atoms in total. The van der Waals surface area contributed by atoms with Gasteiger partial charge in [0, 0.05) is 24.5 Å². The summed E-state index contributed by atoms with van der Waals surface area (Å²) in [5, 5.41) is 8.81. The molecule has 1 aromatic rings. The normalized spacial score (nSPS) is 19.6. The molecule has 1 heterocycles. The fourth-order valence-corrected chi connectivity index (χ4v) is 2.66. The van der Waals surface area contributed by atoms with Gasteiger partial charge in [-0.05, 0) is 42.5 Å². The molecule has 1 unspecified atom stereocenters. The van der Waals surface area contributed by atoms with Crippen molar-refractivity contribution in [1.29, 1.82) is 5.26 Å². The highest BCUT2D eigenvalue weighted by Gasteiger charge is 2.19. The van der Waals surface area contributed by atoms with E-state index in [1.165, 1.54) is 24.9 Å². The molecule has 0 radical (unpaired) electrons. The Morgan fingerprint density at radius 2 is 2.33 bits per heavy atom. The van der Waals surface area contributed by atoms with Crippen LogP contribution >= 0.6 is 0 Å². The molecule has 96 valence electrons. The fourth-order valence-electron chi connectivity index (χ4n) is 2.66. The van der Waals surface area contributed by atoms with Crippen LogP contribution in [0, 0.1) is 17.2 Å². The van der Waals surface area contributed by atoms with Gasteiger partial charge in [-0.15, -0.1) is 0 Å². The van der Waals surface area contributed by atoms with E-state index in [1.807, 2.05) is 6.07 Å². The van der Waals surface area contributed by atoms with Gasteiger partial charge in [0.2, 0.25) is 0 Å². The topological polar surface area (TPSA) is 53.0 Å². The van der Waals surface area contributed by atoms with Crippen LogP contribution in [-0.2, 0) is 6.42 Å². The van der Waals surface area contributed by atoms with E-state index in [0.717, 1.165) is 30.3 Å². The second-order valence-electron chi connectivity index (χ2n) is 5.08. The standard InChI is InChI=1S/C15H21N3/c1-2-12-4-3-9-18(11-12)14-5-6-15(17)13(10-14)7-8-16/h5-6,10,12H,2-4,7,9,11,17H2,1H3. The Hall–Kier alpha value is -1.69. The Morgan fingerprint density at radius 1 is 1.50 bits per heavy atom. The fraction of sp³-hybridized carbons (Fsp3) is 0.533. The molecule has 1 saturated heterocycles. The molecule has 1 aromatic carbocycles. The first-order valence-electron chi connectivity index (χ1n) is 6.75. The van der Waals surface area contributed by atoms with Gasteiger partial charge in [-0.3, -0.25) is 0 Å². The summed E-state index contributed by atoms with van der Waals surface area (Å²) in [7, 11) is 0. The molecule has 0 aliphatic carbocycles.